The Bertz CT molecular complexity index is 527. The molecule has 3 nitrogen and oxygen atoms in total. The number of hydrogen-bond acceptors (Lipinski definition) is 2. The molecule has 2 aliphatic rings. The van der Waals surface area contributed by atoms with Crippen molar-refractivity contribution in [3.63, 3.8) is 0 Å². The van der Waals surface area contributed by atoms with Crippen molar-refractivity contribution < 1.29 is 9.18 Å². The number of carbonyl (C=O) groups excluding carboxylic acids is 1. The quantitative estimate of drug-likeness (QED) is 0.923. The summed E-state index contributed by atoms with van der Waals surface area (Å²) in [5.74, 6) is 0.564. The lowest BCUT2D eigenvalue weighted by atomic mass is 9.80. The number of halogens is 1. The lowest BCUT2D eigenvalue weighted by Crippen LogP contribution is -2.47. The summed E-state index contributed by atoms with van der Waals surface area (Å²) in [6.07, 6.45) is 3.49. The molecule has 2 atom stereocenters. The Balaban J connectivity index is 1.89. The van der Waals surface area contributed by atoms with Crippen LogP contribution in [0.25, 0.3) is 0 Å². The molecule has 1 N–H and O–H groups in total. The van der Waals surface area contributed by atoms with Gasteiger partial charge in [0.05, 0.1) is 6.04 Å². The Labute approximate surface area is 125 Å². The van der Waals surface area contributed by atoms with Gasteiger partial charge >= 0.3 is 0 Å². The predicted octanol–water partition coefficient (Wildman–Crippen LogP) is 3.22. The van der Waals surface area contributed by atoms with Gasteiger partial charge in [0.2, 0.25) is 5.91 Å². The van der Waals surface area contributed by atoms with Crippen LogP contribution in [0.3, 0.4) is 0 Å². The normalized spacial score (nSPS) is 32.3. The molecule has 4 heteroatoms. The summed E-state index contributed by atoms with van der Waals surface area (Å²) in [7, 11) is 0. The molecular weight excluding hydrogens is 267 g/mol. The first-order chi connectivity index (χ1) is 10.1. The molecule has 1 aromatic carbocycles. The number of nitrogens with one attached hydrogen (secondary N) is 1. The van der Waals surface area contributed by atoms with Crippen molar-refractivity contribution in [2.75, 3.05) is 0 Å². The third-order valence-electron chi connectivity index (χ3n) is 4.71. The van der Waals surface area contributed by atoms with Crippen molar-refractivity contribution in [3.8, 4) is 0 Å². The summed E-state index contributed by atoms with van der Waals surface area (Å²) < 4.78 is 14.1. The number of carbonyl (C=O) groups is 1. The Morgan fingerprint density at radius 2 is 2.05 bits per heavy atom. The monoisotopic (exact) mass is 290 g/mol. The van der Waals surface area contributed by atoms with Gasteiger partial charge in [-0.25, -0.2) is 4.39 Å². The molecule has 1 saturated carbocycles. The summed E-state index contributed by atoms with van der Waals surface area (Å²) >= 11 is 0. The molecule has 0 radical (unpaired) electrons. The minimum absolute atomic E-state index is 0.141. The van der Waals surface area contributed by atoms with Gasteiger partial charge in [-0.3, -0.25) is 10.1 Å². The van der Waals surface area contributed by atoms with Crippen LogP contribution in [0.2, 0.25) is 0 Å². The van der Waals surface area contributed by atoms with Crippen LogP contribution in [0.1, 0.15) is 51.3 Å². The second-order valence-corrected chi connectivity index (χ2v) is 6.41. The molecule has 0 bridgehead atoms. The van der Waals surface area contributed by atoms with Crippen LogP contribution in [0.4, 0.5) is 4.39 Å². The second kappa shape index (κ2) is 5.76. The fourth-order valence-electron chi connectivity index (χ4n) is 3.56. The Morgan fingerprint density at radius 3 is 2.67 bits per heavy atom. The van der Waals surface area contributed by atoms with Crippen molar-refractivity contribution in [3.05, 3.63) is 35.6 Å². The van der Waals surface area contributed by atoms with E-state index in [1.165, 1.54) is 6.07 Å². The Hall–Kier alpha value is -1.42. The van der Waals surface area contributed by atoms with E-state index in [9.17, 15) is 9.18 Å². The first-order valence-corrected chi connectivity index (χ1v) is 7.94. The number of benzene rings is 1. The van der Waals surface area contributed by atoms with Crippen molar-refractivity contribution >= 4 is 5.91 Å². The average Bonchev–Trinajstić information content (AvgIpc) is 2.74. The maximum Gasteiger partial charge on any atom is 0.241 e. The van der Waals surface area contributed by atoms with Gasteiger partial charge in [-0.2, -0.15) is 0 Å². The molecule has 1 heterocycles. The fraction of sp³-hybridized carbons (Fsp3) is 0.588. The smallest absolute Gasteiger partial charge is 0.241 e. The van der Waals surface area contributed by atoms with Gasteiger partial charge in [0.15, 0.2) is 0 Å². The molecule has 1 saturated heterocycles. The molecule has 21 heavy (non-hydrogen) atoms. The molecule has 2 fully saturated rings. The van der Waals surface area contributed by atoms with Crippen molar-refractivity contribution in [1.82, 2.24) is 10.2 Å². The molecule has 0 spiro atoms. The third-order valence-corrected chi connectivity index (χ3v) is 4.71. The first kappa shape index (κ1) is 14.5. The van der Waals surface area contributed by atoms with E-state index in [1.807, 2.05) is 11.0 Å². The van der Waals surface area contributed by atoms with Crippen molar-refractivity contribution in [2.24, 2.45) is 5.92 Å². The van der Waals surface area contributed by atoms with Crippen molar-refractivity contribution in [1.29, 1.82) is 0 Å². The van der Waals surface area contributed by atoms with E-state index in [2.05, 4.69) is 19.2 Å². The van der Waals surface area contributed by atoms with E-state index >= 15 is 0 Å². The Morgan fingerprint density at radius 1 is 1.33 bits per heavy atom. The maximum atomic E-state index is 14.1. The lowest BCUT2D eigenvalue weighted by molar-refractivity contribution is -0.135. The molecule has 2 unspecified atom stereocenters. The van der Waals surface area contributed by atoms with Gasteiger partial charge in [-0.15, -0.1) is 0 Å². The topological polar surface area (TPSA) is 32.3 Å². The summed E-state index contributed by atoms with van der Waals surface area (Å²) in [5, 5.41) is 3.35. The van der Waals surface area contributed by atoms with Crippen LogP contribution in [-0.2, 0) is 4.79 Å². The third kappa shape index (κ3) is 2.57. The highest BCUT2D eigenvalue weighted by Gasteiger charge is 2.46. The molecule has 3 rings (SSSR count). The zero-order valence-electron chi connectivity index (χ0n) is 12.7. The molecule has 1 aromatic rings. The zero-order chi connectivity index (χ0) is 15.0. The molecule has 1 aliphatic heterocycles. The van der Waals surface area contributed by atoms with Gasteiger partial charge < -0.3 is 4.90 Å². The van der Waals surface area contributed by atoms with Gasteiger partial charge in [-0.05, 0) is 31.2 Å². The van der Waals surface area contributed by atoms with Gasteiger partial charge in [0, 0.05) is 11.6 Å². The predicted molar refractivity (Wildman–Crippen MR) is 80.0 cm³/mol. The van der Waals surface area contributed by atoms with E-state index in [0.29, 0.717) is 11.5 Å². The van der Waals surface area contributed by atoms with Crippen LogP contribution in [0.5, 0.6) is 0 Å². The van der Waals surface area contributed by atoms with E-state index in [1.54, 1.807) is 12.1 Å². The summed E-state index contributed by atoms with van der Waals surface area (Å²) in [6.45, 7) is 4.27. The Kier molecular flexibility index (Phi) is 3.98. The van der Waals surface area contributed by atoms with E-state index < -0.39 is 0 Å². The summed E-state index contributed by atoms with van der Waals surface area (Å²) in [6, 6.07) is 6.86. The fourth-order valence-corrected chi connectivity index (χ4v) is 3.56. The van der Waals surface area contributed by atoms with E-state index in [0.717, 1.165) is 25.7 Å². The maximum absolute atomic E-state index is 14.1. The molecule has 1 amide bonds. The minimum atomic E-state index is -0.312. The first-order valence-electron chi connectivity index (χ1n) is 7.94. The van der Waals surface area contributed by atoms with Gasteiger partial charge in [0.25, 0.3) is 0 Å². The molecule has 1 aliphatic carbocycles. The number of amides is 1. The number of hydrogen-bond donors (Lipinski definition) is 1. The minimum Gasteiger partial charge on any atom is -0.318 e. The zero-order valence-corrected chi connectivity index (χ0v) is 12.7. The number of nitrogens with zero attached hydrogens (tertiary/aromatic N) is 1. The van der Waals surface area contributed by atoms with E-state index in [4.69, 9.17) is 0 Å². The lowest BCUT2D eigenvalue weighted by Gasteiger charge is -2.42. The summed E-state index contributed by atoms with van der Waals surface area (Å²) in [4.78, 5) is 14.6. The van der Waals surface area contributed by atoms with Crippen LogP contribution < -0.4 is 5.32 Å². The standard InChI is InChI=1S/C17H23FN2O/c1-3-6-15-17(21)20(12-9-11(2)10-12)16(19-15)13-7-4-5-8-14(13)18/h4-5,7-8,11-12,15-16,19H,3,6,9-10H2,1-2H3. The number of rotatable bonds is 4. The average molecular weight is 290 g/mol. The van der Waals surface area contributed by atoms with Crippen LogP contribution in [-0.4, -0.2) is 22.9 Å². The van der Waals surface area contributed by atoms with Crippen LogP contribution in [0.15, 0.2) is 24.3 Å². The van der Waals surface area contributed by atoms with Crippen molar-refractivity contribution in [2.45, 2.75) is 57.8 Å². The molecule has 114 valence electrons. The summed E-state index contributed by atoms with van der Waals surface area (Å²) in [5.41, 5.74) is 0.587. The molecule has 0 aromatic heterocycles. The van der Waals surface area contributed by atoms with Crippen LogP contribution in [0, 0.1) is 11.7 Å². The largest absolute Gasteiger partial charge is 0.318 e. The van der Waals surface area contributed by atoms with E-state index in [-0.39, 0.29) is 30.0 Å². The van der Waals surface area contributed by atoms with Gasteiger partial charge in [-0.1, -0.05) is 38.5 Å². The van der Waals surface area contributed by atoms with Crippen LogP contribution >= 0.6 is 0 Å². The molecular formula is C17H23FN2O. The van der Waals surface area contributed by atoms with Gasteiger partial charge in [0.1, 0.15) is 12.0 Å². The SMILES string of the molecule is CCCC1NC(c2ccccc2F)N(C2CC(C)C2)C1=O. The highest BCUT2D eigenvalue weighted by atomic mass is 19.1. The highest BCUT2D eigenvalue weighted by Crippen LogP contribution is 2.39. The highest BCUT2D eigenvalue weighted by molar-refractivity contribution is 5.85. The second-order valence-electron chi connectivity index (χ2n) is 6.41.